The number of carbonyl (C=O) groups excluding carboxylic acids is 1. The molecule has 0 aromatic carbocycles. The molecule has 3 nitrogen and oxygen atoms in total. The minimum Gasteiger partial charge on any atom is -0.396 e. The molecular formula is C11H16BrNO2S. The molecule has 0 spiro atoms. The Bertz CT molecular complexity index is 363. The van der Waals surface area contributed by atoms with Gasteiger partial charge in [-0.1, -0.05) is 13.8 Å². The Morgan fingerprint density at radius 2 is 2.25 bits per heavy atom. The van der Waals surface area contributed by atoms with Crippen molar-refractivity contribution >= 4 is 33.2 Å². The summed E-state index contributed by atoms with van der Waals surface area (Å²) in [6.45, 7) is 4.76. The van der Waals surface area contributed by atoms with Gasteiger partial charge in [0, 0.05) is 13.2 Å². The molecule has 90 valence electrons. The van der Waals surface area contributed by atoms with Crippen LogP contribution in [0.25, 0.3) is 0 Å². The van der Waals surface area contributed by atoms with Crippen LogP contribution in [0.15, 0.2) is 15.9 Å². The fourth-order valence-electron chi connectivity index (χ4n) is 1.23. The molecule has 0 bridgehead atoms. The van der Waals surface area contributed by atoms with Gasteiger partial charge >= 0.3 is 0 Å². The highest BCUT2D eigenvalue weighted by atomic mass is 79.9. The summed E-state index contributed by atoms with van der Waals surface area (Å²) in [5, 5.41) is 11.7. The normalized spacial score (nSPS) is 11.5. The zero-order valence-corrected chi connectivity index (χ0v) is 11.8. The van der Waals surface area contributed by atoms with E-state index in [-0.39, 0.29) is 17.9 Å². The Morgan fingerprint density at radius 1 is 1.56 bits per heavy atom. The van der Waals surface area contributed by atoms with Gasteiger partial charge in [-0.2, -0.15) is 0 Å². The zero-order chi connectivity index (χ0) is 12.2. The Morgan fingerprint density at radius 3 is 2.75 bits per heavy atom. The molecular weight excluding hydrogens is 290 g/mol. The maximum absolute atomic E-state index is 11.7. The molecule has 1 aromatic heterocycles. The molecule has 1 rings (SSSR count). The molecule has 0 saturated carbocycles. The second-order valence-electron chi connectivity index (χ2n) is 4.42. The maximum Gasteiger partial charge on any atom is 0.261 e. The number of hydrogen-bond acceptors (Lipinski definition) is 3. The van der Waals surface area contributed by atoms with Crippen LogP contribution in [0.1, 0.15) is 29.9 Å². The number of carbonyl (C=O) groups is 1. The highest BCUT2D eigenvalue weighted by Gasteiger charge is 2.19. The molecule has 16 heavy (non-hydrogen) atoms. The van der Waals surface area contributed by atoms with Gasteiger partial charge in [0.2, 0.25) is 0 Å². The lowest BCUT2D eigenvalue weighted by atomic mass is 9.90. The third kappa shape index (κ3) is 4.23. The molecule has 0 aliphatic heterocycles. The minimum absolute atomic E-state index is 0.0540. The van der Waals surface area contributed by atoms with Crippen molar-refractivity contribution in [3.8, 4) is 0 Å². The number of hydrogen-bond donors (Lipinski definition) is 2. The number of aliphatic hydroxyl groups excluding tert-OH is 1. The molecule has 0 aliphatic rings. The molecule has 1 heterocycles. The molecule has 1 aromatic rings. The van der Waals surface area contributed by atoms with E-state index in [9.17, 15) is 4.79 Å². The van der Waals surface area contributed by atoms with Gasteiger partial charge in [0.15, 0.2) is 0 Å². The number of thiophene rings is 1. The van der Waals surface area contributed by atoms with Crippen molar-refractivity contribution < 1.29 is 9.90 Å². The SMILES string of the molecule is CC(C)(CCO)CNC(=O)c1ccc(Br)s1. The lowest BCUT2D eigenvalue weighted by Gasteiger charge is -2.23. The first kappa shape index (κ1) is 13.7. The van der Waals surface area contributed by atoms with E-state index in [1.165, 1.54) is 11.3 Å². The van der Waals surface area contributed by atoms with Crippen LogP contribution in [0.4, 0.5) is 0 Å². The molecule has 2 N–H and O–H groups in total. The molecule has 5 heteroatoms. The van der Waals surface area contributed by atoms with Crippen LogP contribution >= 0.6 is 27.3 Å². The van der Waals surface area contributed by atoms with E-state index in [1.807, 2.05) is 19.9 Å². The van der Waals surface area contributed by atoms with Crippen molar-refractivity contribution in [2.75, 3.05) is 13.2 Å². The van der Waals surface area contributed by atoms with E-state index >= 15 is 0 Å². The predicted octanol–water partition coefficient (Wildman–Crippen LogP) is 2.65. The van der Waals surface area contributed by atoms with Crippen LogP contribution in [-0.2, 0) is 0 Å². The second-order valence-corrected chi connectivity index (χ2v) is 6.89. The van der Waals surface area contributed by atoms with Crippen molar-refractivity contribution in [2.45, 2.75) is 20.3 Å². The van der Waals surface area contributed by atoms with Gasteiger partial charge in [-0.25, -0.2) is 0 Å². The van der Waals surface area contributed by atoms with Gasteiger partial charge in [0.1, 0.15) is 0 Å². The van der Waals surface area contributed by atoms with Crippen LogP contribution in [-0.4, -0.2) is 24.2 Å². The standard InChI is InChI=1S/C11H16BrNO2S/c1-11(2,5-6-14)7-13-10(15)8-3-4-9(12)16-8/h3-4,14H,5-7H2,1-2H3,(H,13,15). The third-order valence-corrected chi connectivity index (χ3v) is 3.94. The van der Waals surface area contributed by atoms with Gasteiger partial charge in [-0.3, -0.25) is 4.79 Å². The first-order valence-corrected chi connectivity index (χ1v) is 6.70. The monoisotopic (exact) mass is 305 g/mol. The number of nitrogens with one attached hydrogen (secondary N) is 1. The van der Waals surface area contributed by atoms with Crippen molar-refractivity contribution in [2.24, 2.45) is 5.41 Å². The molecule has 1 amide bonds. The first-order chi connectivity index (χ1) is 7.44. The minimum atomic E-state index is -0.0705. The van der Waals surface area contributed by atoms with Crippen LogP contribution in [0.2, 0.25) is 0 Å². The highest BCUT2D eigenvalue weighted by molar-refractivity contribution is 9.11. The van der Waals surface area contributed by atoms with Crippen molar-refractivity contribution in [3.05, 3.63) is 20.8 Å². The van der Waals surface area contributed by atoms with E-state index < -0.39 is 0 Å². The first-order valence-electron chi connectivity index (χ1n) is 5.09. The summed E-state index contributed by atoms with van der Waals surface area (Å²) in [6, 6.07) is 3.65. The average Bonchev–Trinajstić information content (AvgIpc) is 2.61. The third-order valence-electron chi connectivity index (χ3n) is 2.31. The van der Waals surface area contributed by atoms with Crippen LogP contribution in [0.5, 0.6) is 0 Å². The number of aliphatic hydroxyl groups is 1. The van der Waals surface area contributed by atoms with Gasteiger partial charge in [0.25, 0.3) is 5.91 Å². The lowest BCUT2D eigenvalue weighted by Crippen LogP contribution is -2.34. The summed E-state index contributed by atoms with van der Waals surface area (Å²) in [5.41, 5.74) is -0.0705. The average molecular weight is 306 g/mol. The number of halogens is 1. The Kier molecular flexibility index (Phi) is 4.95. The van der Waals surface area contributed by atoms with E-state index in [0.29, 0.717) is 17.8 Å². The summed E-state index contributed by atoms with van der Waals surface area (Å²) in [7, 11) is 0. The Balaban J connectivity index is 2.47. The van der Waals surface area contributed by atoms with Crippen molar-refractivity contribution in [1.82, 2.24) is 5.32 Å². The fourth-order valence-corrected chi connectivity index (χ4v) is 2.54. The summed E-state index contributed by atoms with van der Waals surface area (Å²) >= 11 is 4.74. The number of rotatable bonds is 5. The molecule has 0 radical (unpaired) electrons. The summed E-state index contributed by atoms with van der Waals surface area (Å²) < 4.78 is 0.951. The molecule has 0 unspecified atom stereocenters. The molecule has 0 fully saturated rings. The second kappa shape index (κ2) is 5.80. The van der Waals surface area contributed by atoms with E-state index in [4.69, 9.17) is 5.11 Å². The fraction of sp³-hybridized carbons (Fsp3) is 0.545. The van der Waals surface area contributed by atoms with Gasteiger partial charge < -0.3 is 10.4 Å². The van der Waals surface area contributed by atoms with Crippen molar-refractivity contribution in [1.29, 1.82) is 0 Å². The van der Waals surface area contributed by atoms with Gasteiger partial charge in [-0.05, 0) is 39.9 Å². The van der Waals surface area contributed by atoms with Crippen molar-refractivity contribution in [3.63, 3.8) is 0 Å². The molecule has 0 aliphatic carbocycles. The molecule has 0 saturated heterocycles. The summed E-state index contributed by atoms with van der Waals surface area (Å²) in [5.74, 6) is -0.0540. The smallest absolute Gasteiger partial charge is 0.261 e. The highest BCUT2D eigenvalue weighted by Crippen LogP contribution is 2.23. The Labute approximate surface area is 108 Å². The van der Waals surface area contributed by atoms with E-state index in [0.717, 1.165) is 3.79 Å². The number of amides is 1. The summed E-state index contributed by atoms with van der Waals surface area (Å²) in [6.07, 6.45) is 0.682. The largest absolute Gasteiger partial charge is 0.396 e. The predicted molar refractivity (Wildman–Crippen MR) is 69.8 cm³/mol. The molecule has 0 atom stereocenters. The van der Waals surface area contributed by atoms with E-state index in [1.54, 1.807) is 6.07 Å². The van der Waals surface area contributed by atoms with Crippen LogP contribution < -0.4 is 5.32 Å². The summed E-state index contributed by atoms with van der Waals surface area (Å²) in [4.78, 5) is 12.4. The Hall–Kier alpha value is -0.390. The van der Waals surface area contributed by atoms with Crippen LogP contribution in [0, 0.1) is 5.41 Å². The maximum atomic E-state index is 11.7. The van der Waals surface area contributed by atoms with Crippen LogP contribution in [0.3, 0.4) is 0 Å². The van der Waals surface area contributed by atoms with Gasteiger partial charge in [0.05, 0.1) is 8.66 Å². The van der Waals surface area contributed by atoms with Gasteiger partial charge in [-0.15, -0.1) is 11.3 Å². The topological polar surface area (TPSA) is 49.3 Å². The quantitative estimate of drug-likeness (QED) is 0.878. The lowest BCUT2D eigenvalue weighted by molar-refractivity contribution is 0.0932. The zero-order valence-electron chi connectivity index (χ0n) is 9.42. The van der Waals surface area contributed by atoms with E-state index in [2.05, 4.69) is 21.2 Å².